The maximum Gasteiger partial charge on any atom is 0.267 e. The van der Waals surface area contributed by atoms with Crippen molar-refractivity contribution in [3.8, 4) is 0 Å². The lowest BCUT2D eigenvalue weighted by Gasteiger charge is -2.04. The SMILES string of the molecule is Cc1nc(N)sc1C(=O)Nc1ccc(S(C)(=O)=O)nc1. The van der Waals surface area contributed by atoms with Gasteiger partial charge in [0.15, 0.2) is 20.0 Å². The average molecular weight is 312 g/mol. The summed E-state index contributed by atoms with van der Waals surface area (Å²) in [7, 11) is -3.35. The molecule has 0 aromatic carbocycles. The Hall–Kier alpha value is -2.00. The van der Waals surface area contributed by atoms with Crippen LogP contribution in [-0.2, 0) is 9.84 Å². The minimum Gasteiger partial charge on any atom is -0.375 e. The molecule has 0 spiro atoms. The van der Waals surface area contributed by atoms with E-state index in [0.717, 1.165) is 17.6 Å². The third kappa shape index (κ3) is 3.11. The normalized spacial score (nSPS) is 11.3. The van der Waals surface area contributed by atoms with Gasteiger partial charge >= 0.3 is 0 Å². The number of aromatic nitrogens is 2. The predicted molar refractivity (Wildman–Crippen MR) is 76.6 cm³/mol. The first-order valence-electron chi connectivity index (χ1n) is 5.48. The summed E-state index contributed by atoms with van der Waals surface area (Å²) in [6.07, 6.45) is 2.35. The van der Waals surface area contributed by atoms with E-state index in [0.29, 0.717) is 21.4 Å². The molecule has 20 heavy (non-hydrogen) atoms. The largest absolute Gasteiger partial charge is 0.375 e. The van der Waals surface area contributed by atoms with Crippen molar-refractivity contribution in [1.82, 2.24) is 9.97 Å². The first-order chi connectivity index (χ1) is 9.27. The first kappa shape index (κ1) is 14.4. The van der Waals surface area contributed by atoms with E-state index in [1.54, 1.807) is 6.92 Å². The van der Waals surface area contributed by atoms with Crippen LogP contribution >= 0.6 is 11.3 Å². The third-order valence-electron chi connectivity index (χ3n) is 2.39. The van der Waals surface area contributed by atoms with Crippen molar-refractivity contribution in [2.24, 2.45) is 0 Å². The maximum absolute atomic E-state index is 12.0. The molecule has 9 heteroatoms. The molecule has 0 saturated heterocycles. The Morgan fingerprint density at radius 2 is 2.10 bits per heavy atom. The van der Waals surface area contributed by atoms with Crippen LogP contribution in [0.3, 0.4) is 0 Å². The van der Waals surface area contributed by atoms with E-state index in [4.69, 9.17) is 5.73 Å². The monoisotopic (exact) mass is 312 g/mol. The summed E-state index contributed by atoms with van der Waals surface area (Å²) in [5.41, 5.74) is 6.47. The van der Waals surface area contributed by atoms with Crippen LogP contribution in [0.25, 0.3) is 0 Å². The fourth-order valence-corrected chi connectivity index (χ4v) is 2.78. The Labute approximate surface area is 119 Å². The molecule has 0 radical (unpaired) electrons. The highest BCUT2D eigenvalue weighted by molar-refractivity contribution is 7.90. The number of pyridine rings is 1. The second-order valence-corrected chi connectivity index (χ2v) is 7.07. The molecular weight excluding hydrogens is 300 g/mol. The number of nitrogens with two attached hydrogens (primary N) is 1. The highest BCUT2D eigenvalue weighted by Gasteiger charge is 2.15. The van der Waals surface area contributed by atoms with E-state index in [1.165, 1.54) is 18.3 Å². The van der Waals surface area contributed by atoms with Crippen LogP contribution in [0.1, 0.15) is 15.4 Å². The fourth-order valence-electron chi connectivity index (χ4n) is 1.49. The van der Waals surface area contributed by atoms with Crippen molar-refractivity contribution in [2.75, 3.05) is 17.3 Å². The number of amides is 1. The van der Waals surface area contributed by atoms with Crippen LogP contribution in [0.4, 0.5) is 10.8 Å². The molecule has 0 fully saturated rings. The van der Waals surface area contributed by atoms with E-state index in [9.17, 15) is 13.2 Å². The number of carbonyl (C=O) groups is 1. The van der Waals surface area contributed by atoms with Gasteiger partial charge in [-0.2, -0.15) is 0 Å². The van der Waals surface area contributed by atoms with Crippen molar-refractivity contribution in [3.63, 3.8) is 0 Å². The molecule has 0 saturated carbocycles. The van der Waals surface area contributed by atoms with Crippen molar-refractivity contribution >= 4 is 37.9 Å². The van der Waals surface area contributed by atoms with Crippen molar-refractivity contribution in [3.05, 3.63) is 28.9 Å². The first-order valence-corrected chi connectivity index (χ1v) is 8.18. The molecule has 1 amide bonds. The molecule has 106 valence electrons. The van der Waals surface area contributed by atoms with E-state index in [2.05, 4.69) is 15.3 Å². The number of anilines is 2. The molecule has 0 aliphatic carbocycles. The fraction of sp³-hybridized carbons (Fsp3) is 0.182. The zero-order chi connectivity index (χ0) is 14.9. The molecule has 2 heterocycles. The molecule has 0 aliphatic rings. The molecule has 2 aromatic rings. The lowest BCUT2D eigenvalue weighted by Crippen LogP contribution is -2.12. The second kappa shape index (κ2) is 5.17. The average Bonchev–Trinajstić information content (AvgIpc) is 2.68. The Balaban J connectivity index is 2.18. The quantitative estimate of drug-likeness (QED) is 0.876. The lowest BCUT2D eigenvalue weighted by atomic mass is 10.3. The number of nitrogens with zero attached hydrogens (tertiary/aromatic N) is 2. The summed E-state index contributed by atoms with van der Waals surface area (Å²) >= 11 is 1.09. The van der Waals surface area contributed by atoms with Crippen LogP contribution in [0.2, 0.25) is 0 Å². The van der Waals surface area contributed by atoms with E-state index >= 15 is 0 Å². The zero-order valence-electron chi connectivity index (χ0n) is 10.7. The van der Waals surface area contributed by atoms with Crippen molar-refractivity contribution in [1.29, 1.82) is 0 Å². The van der Waals surface area contributed by atoms with Crippen LogP contribution in [0.15, 0.2) is 23.4 Å². The molecule has 7 nitrogen and oxygen atoms in total. The summed E-state index contributed by atoms with van der Waals surface area (Å²) in [5.74, 6) is -0.356. The van der Waals surface area contributed by atoms with Crippen molar-refractivity contribution < 1.29 is 13.2 Å². The molecular formula is C11H12N4O3S2. The highest BCUT2D eigenvalue weighted by atomic mass is 32.2. The summed E-state index contributed by atoms with van der Waals surface area (Å²) in [5, 5.41) is 2.88. The molecule has 2 aromatic heterocycles. The van der Waals surface area contributed by atoms with Crippen LogP contribution < -0.4 is 11.1 Å². The number of sulfone groups is 1. The number of hydrogen-bond acceptors (Lipinski definition) is 7. The minimum absolute atomic E-state index is 0.0475. The molecule has 0 atom stereocenters. The Bertz CT molecular complexity index is 750. The Morgan fingerprint density at radius 1 is 1.40 bits per heavy atom. The number of carbonyl (C=O) groups excluding carboxylic acids is 1. The van der Waals surface area contributed by atoms with Crippen LogP contribution in [0, 0.1) is 6.92 Å². The third-order valence-corrected chi connectivity index (χ3v) is 4.38. The van der Waals surface area contributed by atoms with Crippen molar-refractivity contribution in [2.45, 2.75) is 11.9 Å². The summed E-state index contributed by atoms with van der Waals surface area (Å²) in [4.78, 5) is 20.1. The van der Waals surface area contributed by atoms with Gasteiger partial charge in [0.05, 0.1) is 17.6 Å². The topological polar surface area (TPSA) is 115 Å². The standard InChI is InChI=1S/C11H12N4O3S2/c1-6-9(19-11(12)14-6)10(16)15-7-3-4-8(13-5-7)20(2,17)18/h3-5H,1-2H3,(H2,12,14)(H,15,16). The summed E-state index contributed by atoms with van der Waals surface area (Å²) in [6, 6.07) is 2.81. The van der Waals surface area contributed by atoms with Gasteiger partial charge in [-0.3, -0.25) is 4.79 Å². The van der Waals surface area contributed by atoms with Gasteiger partial charge in [0.1, 0.15) is 4.88 Å². The van der Waals surface area contributed by atoms with Gasteiger partial charge in [-0.05, 0) is 19.1 Å². The summed E-state index contributed by atoms with van der Waals surface area (Å²) < 4.78 is 22.5. The second-order valence-electron chi connectivity index (χ2n) is 4.08. The number of hydrogen-bond donors (Lipinski definition) is 2. The molecule has 0 unspecified atom stereocenters. The number of nitrogens with one attached hydrogen (secondary N) is 1. The van der Waals surface area contributed by atoms with Gasteiger partial charge in [-0.25, -0.2) is 18.4 Å². The van der Waals surface area contributed by atoms with E-state index < -0.39 is 9.84 Å². The van der Waals surface area contributed by atoms with Gasteiger partial charge in [-0.1, -0.05) is 11.3 Å². The summed E-state index contributed by atoms with van der Waals surface area (Å²) in [6.45, 7) is 1.69. The van der Waals surface area contributed by atoms with Crippen LogP contribution in [-0.4, -0.2) is 30.5 Å². The maximum atomic E-state index is 12.0. The number of aryl methyl sites for hydroxylation is 1. The predicted octanol–water partition coefficient (Wildman–Crippen LogP) is 1.08. The lowest BCUT2D eigenvalue weighted by molar-refractivity contribution is 0.102. The number of thiazole rings is 1. The molecule has 3 N–H and O–H groups in total. The number of nitrogen functional groups attached to an aromatic ring is 1. The smallest absolute Gasteiger partial charge is 0.267 e. The van der Waals surface area contributed by atoms with Crippen LogP contribution in [0.5, 0.6) is 0 Å². The minimum atomic E-state index is -3.35. The zero-order valence-corrected chi connectivity index (χ0v) is 12.4. The number of rotatable bonds is 3. The van der Waals surface area contributed by atoms with Gasteiger partial charge < -0.3 is 11.1 Å². The van der Waals surface area contributed by atoms with E-state index in [-0.39, 0.29) is 10.9 Å². The molecule has 0 aliphatic heterocycles. The van der Waals surface area contributed by atoms with Gasteiger partial charge in [0, 0.05) is 6.26 Å². The van der Waals surface area contributed by atoms with Gasteiger partial charge in [0.2, 0.25) is 0 Å². The Kier molecular flexibility index (Phi) is 3.73. The van der Waals surface area contributed by atoms with Gasteiger partial charge in [-0.15, -0.1) is 0 Å². The molecule has 2 rings (SSSR count). The Morgan fingerprint density at radius 3 is 2.55 bits per heavy atom. The highest BCUT2D eigenvalue weighted by Crippen LogP contribution is 2.21. The van der Waals surface area contributed by atoms with Gasteiger partial charge in [0.25, 0.3) is 5.91 Å². The molecule has 0 bridgehead atoms. The van der Waals surface area contributed by atoms with E-state index in [1.807, 2.05) is 0 Å².